The molecule has 4 heterocycles. The van der Waals surface area contributed by atoms with E-state index in [0.29, 0.717) is 6.54 Å². The molecule has 1 aliphatic rings. The van der Waals surface area contributed by atoms with Gasteiger partial charge in [-0.05, 0) is 48.4 Å². The Morgan fingerprint density at radius 3 is 2.80 bits per heavy atom. The molecule has 1 atom stereocenters. The van der Waals surface area contributed by atoms with Crippen LogP contribution in [0.3, 0.4) is 0 Å². The summed E-state index contributed by atoms with van der Waals surface area (Å²) in [7, 11) is 0. The molecule has 0 spiro atoms. The van der Waals surface area contributed by atoms with Gasteiger partial charge in [-0.3, -0.25) is 9.88 Å². The van der Waals surface area contributed by atoms with Crippen LogP contribution >= 0.6 is 0 Å². The SMILES string of the molecule is Fc1ccc2nc(CN3CCc4c([nH]c5ccccc45)C3c3ccccn3)[nH]c2c1. The highest BCUT2D eigenvalue weighted by Gasteiger charge is 2.32. The maximum atomic E-state index is 13.6. The maximum Gasteiger partial charge on any atom is 0.125 e. The van der Waals surface area contributed by atoms with Crippen molar-refractivity contribution < 1.29 is 4.39 Å². The van der Waals surface area contributed by atoms with Crippen LogP contribution in [-0.4, -0.2) is 31.4 Å². The predicted octanol–water partition coefficient (Wildman–Crippen LogP) is 4.73. The number of halogens is 1. The molecule has 6 rings (SSSR count). The first kappa shape index (κ1) is 17.4. The van der Waals surface area contributed by atoms with Crippen LogP contribution in [0, 0.1) is 5.82 Å². The summed E-state index contributed by atoms with van der Waals surface area (Å²) in [4.78, 5) is 18.7. The molecule has 1 unspecified atom stereocenters. The zero-order valence-corrected chi connectivity index (χ0v) is 16.3. The van der Waals surface area contributed by atoms with Crippen molar-refractivity contribution >= 4 is 21.9 Å². The Labute approximate surface area is 172 Å². The maximum absolute atomic E-state index is 13.6. The molecule has 30 heavy (non-hydrogen) atoms. The molecule has 0 bridgehead atoms. The standard InChI is InChI=1S/C24H20FN5/c25-15-8-9-19-21(13-15)28-22(27-19)14-30-12-10-17-16-5-1-2-6-18(16)29-23(17)24(30)20-7-3-4-11-26-20/h1-9,11,13,24,29H,10,12,14H2,(H,27,28). The van der Waals surface area contributed by atoms with Gasteiger partial charge in [0.15, 0.2) is 0 Å². The Morgan fingerprint density at radius 2 is 1.90 bits per heavy atom. The van der Waals surface area contributed by atoms with Gasteiger partial charge in [0.25, 0.3) is 0 Å². The molecule has 0 saturated carbocycles. The summed E-state index contributed by atoms with van der Waals surface area (Å²) < 4.78 is 13.6. The molecule has 2 aromatic carbocycles. The number of hydrogen-bond donors (Lipinski definition) is 2. The minimum absolute atomic E-state index is 0.00676. The first-order valence-corrected chi connectivity index (χ1v) is 10.1. The van der Waals surface area contributed by atoms with Crippen molar-refractivity contribution in [1.82, 2.24) is 24.8 Å². The lowest BCUT2D eigenvalue weighted by atomic mass is 9.95. The first-order valence-electron chi connectivity index (χ1n) is 10.1. The number of hydrogen-bond acceptors (Lipinski definition) is 3. The van der Waals surface area contributed by atoms with Gasteiger partial charge in [-0.2, -0.15) is 0 Å². The summed E-state index contributed by atoms with van der Waals surface area (Å²) in [6, 6.07) is 19.2. The van der Waals surface area contributed by atoms with Gasteiger partial charge in [0.1, 0.15) is 11.6 Å². The van der Waals surface area contributed by atoms with Crippen LogP contribution in [-0.2, 0) is 13.0 Å². The number of aromatic nitrogens is 4. The van der Waals surface area contributed by atoms with Gasteiger partial charge in [-0.1, -0.05) is 24.3 Å². The highest BCUT2D eigenvalue weighted by molar-refractivity contribution is 5.85. The Hall–Kier alpha value is -3.51. The molecule has 6 heteroatoms. The fourth-order valence-corrected chi connectivity index (χ4v) is 4.64. The van der Waals surface area contributed by atoms with E-state index in [-0.39, 0.29) is 11.9 Å². The van der Waals surface area contributed by atoms with Gasteiger partial charge in [-0.15, -0.1) is 0 Å². The fourth-order valence-electron chi connectivity index (χ4n) is 4.64. The number of para-hydroxylation sites is 1. The van der Waals surface area contributed by atoms with Gasteiger partial charge in [0, 0.05) is 29.3 Å². The van der Waals surface area contributed by atoms with Crippen LogP contribution in [0.4, 0.5) is 4.39 Å². The highest BCUT2D eigenvalue weighted by Crippen LogP contribution is 2.38. The molecule has 0 radical (unpaired) electrons. The van der Waals surface area contributed by atoms with E-state index in [9.17, 15) is 4.39 Å². The van der Waals surface area contributed by atoms with Crippen molar-refractivity contribution in [1.29, 1.82) is 0 Å². The van der Waals surface area contributed by atoms with Crippen LogP contribution in [0.25, 0.3) is 21.9 Å². The largest absolute Gasteiger partial charge is 0.357 e. The van der Waals surface area contributed by atoms with E-state index >= 15 is 0 Å². The minimum Gasteiger partial charge on any atom is -0.357 e. The topological polar surface area (TPSA) is 60.6 Å². The number of nitrogens with one attached hydrogen (secondary N) is 2. The molecule has 0 amide bonds. The van der Waals surface area contributed by atoms with Gasteiger partial charge in [0.05, 0.1) is 29.3 Å². The second kappa shape index (κ2) is 6.78. The summed E-state index contributed by atoms with van der Waals surface area (Å²) in [6.45, 7) is 1.52. The van der Waals surface area contributed by atoms with Crippen molar-refractivity contribution in [2.45, 2.75) is 19.0 Å². The van der Waals surface area contributed by atoms with Crippen LogP contribution in [0.1, 0.15) is 28.8 Å². The Bertz CT molecular complexity index is 1350. The molecule has 1 aliphatic heterocycles. The lowest BCUT2D eigenvalue weighted by molar-refractivity contribution is 0.194. The molecule has 5 nitrogen and oxygen atoms in total. The Morgan fingerprint density at radius 1 is 1.00 bits per heavy atom. The summed E-state index contributed by atoms with van der Waals surface area (Å²) in [5, 5.41) is 1.28. The number of imidazole rings is 1. The van der Waals surface area contributed by atoms with Crippen molar-refractivity contribution in [3.05, 3.63) is 95.5 Å². The molecule has 5 aromatic rings. The van der Waals surface area contributed by atoms with Crippen molar-refractivity contribution in [2.75, 3.05) is 6.54 Å². The van der Waals surface area contributed by atoms with E-state index in [4.69, 9.17) is 0 Å². The van der Waals surface area contributed by atoms with Crippen molar-refractivity contribution in [2.24, 2.45) is 0 Å². The molecule has 0 aliphatic carbocycles. The number of rotatable bonds is 3. The van der Waals surface area contributed by atoms with Gasteiger partial charge in [-0.25, -0.2) is 9.37 Å². The summed E-state index contributed by atoms with van der Waals surface area (Å²) in [5.74, 6) is 0.570. The average molecular weight is 397 g/mol. The lowest BCUT2D eigenvalue weighted by Crippen LogP contribution is -2.36. The van der Waals surface area contributed by atoms with Crippen molar-refractivity contribution in [3.8, 4) is 0 Å². The molecular formula is C24H20FN5. The van der Waals surface area contributed by atoms with E-state index in [1.807, 2.05) is 18.3 Å². The predicted molar refractivity (Wildman–Crippen MR) is 115 cm³/mol. The zero-order chi connectivity index (χ0) is 20.1. The van der Waals surface area contributed by atoms with E-state index in [0.717, 1.165) is 41.0 Å². The number of pyridine rings is 1. The third-order valence-electron chi connectivity index (χ3n) is 5.95. The van der Waals surface area contributed by atoms with Gasteiger partial charge < -0.3 is 9.97 Å². The van der Waals surface area contributed by atoms with E-state index in [1.165, 1.54) is 28.8 Å². The minimum atomic E-state index is -0.259. The van der Waals surface area contributed by atoms with E-state index in [2.05, 4.69) is 55.2 Å². The second-order valence-electron chi connectivity index (χ2n) is 7.79. The monoisotopic (exact) mass is 397 g/mol. The van der Waals surface area contributed by atoms with E-state index in [1.54, 1.807) is 6.07 Å². The summed E-state index contributed by atoms with van der Waals surface area (Å²) in [6.07, 6.45) is 2.80. The molecule has 2 N–H and O–H groups in total. The zero-order valence-electron chi connectivity index (χ0n) is 16.3. The average Bonchev–Trinajstić information content (AvgIpc) is 3.34. The quantitative estimate of drug-likeness (QED) is 0.463. The van der Waals surface area contributed by atoms with E-state index < -0.39 is 0 Å². The van der Waals surface area contributed by atoms with Crippen LogP contribution < -0.4 is 0 Å². The fraction of sp³-hybridized carbons (Fsp3) is 0.167. The van der Waals surface area contributed by atoms with Crippen LogP contribution in [0.2, 0.25) is 0 Å². The number of benzene rings is 2. The summed E-state index contributed by atoms with van der Waals surface area (Å²) in [5.41, 5.74) is 6.23. The highest BCUT2D eigenvalue weighted by atomic mass is 19.1. The molecule has 148 valence electrons. The Balaban J connectivity index is 1.44. The number of H-pyrrole nitrogens is 2. The third kappa shape index (κ3) is 2.80. The molecule has 0 saturated heterocycles. The number of fused-ring (bicyclic) bond motifs is 4. The number of aromatic amines is 2. The molecule has 0 fully saturated rings. The van der Waals surface area contributed by atoms with Crippen molar-refractivity contribution in [3.63, 3.8) is 0 Å². The smallest absolute Gasteiger partial charge is 0.125 e. The lowest BCUT2D eigenvalue weighted by Gasteiger charge is -2.34. The van der Waals surface area contributed by atoms with Gasteiger partial charge in [0.2, 0.25) is 0 Å². The van der Waals surface area contributed by atoms with Crippen LogP contribution in [0.15, 0.2) is 66.9 Å². The molecule has 3 aromatic heterocycles. The second-order valence-corrected chi connectivity index (χ2v) is 7.79. The Kier molecular flexibility index (Phi) is 3.92. The van der Waals surface area contributed by atoms with Crippen LogP contribution in [0.5, 0.6) is 0 Å². The third-order valence-corrected chi connectivity index (χ3v) is 5.95. The number of nitrogens with zero attached hydrogens (tertiary/aromatic N) is 3. The normalized spacial score (nSPS) is 16.9. The first-order chi connectivity index (χ1) is 14.8. The van der Waals surface area contributed by atoms with Gasteiger partial charge >= 0.3 is 0 Å². The summed E-state index contributed by atoms with van der Waals surface area (Å²) >= 11 is 0. The molecular weight excluding hydrogens is 377 g/mol.